The number of nitrogens with zero attached hydrogens (tertiary/aromatic N) is 1. The normalized spacial score (nSPS) is 19.6. The minimum absolute atomic E-state index is 0.0401. The highest BCUT2D eigenvalue weighted by atomic mass is 16.4. The van der Waals surface area contributed by atoms with Gasteiger partial charge in [0, 0.05) is 19.2 Å². The molecule has 1 aliphatic rings. The number of carboxylic acid groups (broad SMARTS) is 1. The molecule has 0 saturated carbocycles. The first kappa shape index (κ1) is 12.6. The van der Waals surface area contributed by atoms with Crippen molar-refractivity contribution in [1.82, 2.24) is 10.2 Å². The number of furan rings is 1. The summed E-state index contributed by atoms with van der Waals surface area (Å²) in [5.74, 6) is -0.513. The van der Waals surface area contributed by atoms with E-state index in [9.17, 15) is 9.59 Å². The maximum Gasteiger partial charge on any atom is 0.372 e. The van der Waals surface area contributed by atoms with Crippen LogP contribution in [0.15, 0.2) is 10.5 Å². The molecule has 18 heavy (non-hydrogen) atoms. The van der Waals surface area contributed by atoms with E-state index in [4.69, 9.17) is 9.52 Å². The first-order valence-electron chi connectivity index (χ1n) is 5.80. The SMILES string of the molecule is Cc1cc(CNC2CCN(C)C2=O)oc1C(=O)O. The van der Waals surface area contributed by atoms with Crippen molar-refractivity contribution in [2.24, 2.45) is 0 Å². The molecular weight excluding hydrogens is 236 g/mol. The van der Waals surface area contributed by atoms with Gasteiger partial charge in [-0.15, -0.1) is 0 Å². The second-order valence-electron chi connectivity index (χ2n) is 4.51. The van der Waals surface area contributed by atoms with Gasteiger partial charge < -0.3 is 14.4 Å². The molecule has 6 heteroatoms. The van der Waals surface area contributed by atoms with Gasteiger partial charge in [-0.25, -0.2) is 4.79 Å². The number of likely N-dealkylation sites (tertiary alicyclic amines) is 1. The van der Waals surface area contributed by atoms with Gasteiger partial charge in [-0.3, -0.25) is 10.1 Å². The van der Waals surface area contributed by atoms with E-state index in [1.54, 1.807) is 24.9 Å². The Morgan fingerprint density at radius 3 is 2.89 bits per heavy atom. The lowest BCUT2D eigenvalue weighted by molar-refractivity contribution is -0.128. The fourth-order valence-corrected chi connectivity index (χ4v) is 2.08. The number of carbonyl (C=O) groups excluding carboxylic acids is 1. The number of hydrogen-bond acceptors (Lipinski definition) is 4. The van der Waals surface area contributed by atoms with Crippen LogP contribution in [0.3, 0.4) is 0 Å². The number of amides is 1. The van der Waals surface area contributed by atoms with Gasteiger partial charge in [0.2, 0.25) is 11.7 Å². The molecule has 1 saturated heterocycles. The average Bonchev–Trinajstić information content (AvgIpc) is 2.82. The van der Waals surface area contributed by atoms with E-state index in [-0.39, 0.29) is 17.7 Å². The Labute approximate surface area is 105 Å². The molecule has 0 spiro atoms. The number of carbonyl (C=O) groups is 2. The molecule has 0 aromatic carbocycles. The van der Waals surface area contributed by atoms with Crippen LogP contribution in [0.1, 0.15) is 28.3 Å². The summed E-state index contributed by atoms with van der Waals surface area (Å²) < 4.78 is 5.21. The summed E-state index contributed by atoms with van der Waals surface area (Å²) in [7, 11) is 1.77. The van der Waals surface area contributed by atoms with Crippen molar-refractivity contribution in [3.63, 3.8) is 0 Å². The molecule has 1 fully saturated rings. The van der Waals surface area contributed by atoms with E-state index in [0.29, 0.717) is 17.9 Å². The Hall–Kier alpha value is -1.82. The van der Waals surface area contributed by atoms with E-state index >= 15 is 0 Å². The van der Waals surface area contributed by atoms with E-state index in [0.717, 1.165) is 13.0 Å². The van der Waals surface area contributed by atoms with Crippen LogP contribution in [0.4, 0.5) is 0 Å². The summed E-state index contributed by atoms with van der Waals surface area (Å²) in [6, 6.07) is 1.48. The molecule has 6 nitrogen and oxygen atoms in total. The smallest absolute Gasteiger partial charge is 0.372 e. The Bertz CT molecular complexity index is 480. The zero-order chi connectivity index (χ0) is 13.3. The summed E-state index contributed by atoms with van der Waals surface area (Å²) in [5.41, 5.74) is 0.592. The number of hydrogen-bond donors (Lipinski definition) is 2. The van der Waals surface area contributed by atoms with Gasteiger partial charge in [-0.2, -0.15) is 0 Å². The highest BCUT2D eigenvalue weighted by Crippen LogP contribution is 2.15. The van der Waals surface area contributed by atoms with Gasteiger partial charge in [0.25, 0.3) is 0 Å². The van der Waals surface area contributed by atoms with Crippen molar-refractivity contribution in [2.75, 3.05) is 13.6 Å². The van der Waals surface area contributed by atoms with E-state index < -0.39 is 5.97 Å². The molecular formula is C12H16N2O4. The number of carboxylic acids is 1. The molecule has 1 atom stereocenters. The zero-order valence-corrected chi connectivity index (χ0v) is 10.4. The van der Waals surface area contributed by atoms with Crippen molar-refractivity contribution < 1.29 is 19.1 Å². The largest absolute Gasteiger partial charge is 0.475 e. The lowest BCUT2D eigenvalue weighted by Gasteiger charge is -2.10. The van der Waals surface area contributed by atoms with Crippen molar-refractivity contribution in [3.8, 4) is 0 Å². The predicted molar refractivity (Wildman–Crippen MR) is 63.3 cm³/mol. The van der Waals surface area contributed by atoms with Crippen LogP contribution in [0.5, 0.6) is 0 Å². The third-order valence-corrected chi connectivity index (χ3v) is 3.11. The number of aryl methyl sites for hydroxylation is 1. The first-order valence-corrected chi connectivity index (χ1v) is 5.80. The van der Waals surface area contributed by atoms with Crippen molar-refractivity contribution in [2.45, 2.75) is 25.9 Å². The van der Waals surface area contributed by atoms with Gasteiger partial charge in [-0.1, -0.05) is 0 Å². The maximum atomic E-state index is 11.6. The number of aromatic carboxylic acids is 1. The van der Waals surface area contributed by atoms with E-state index in [2.05, 4.69) is 5.32 Å². The molecule has 2 rings (SSSR count). The third kappa shape index (κ3) is 2.38. The third-order valence-electron chi connectivity index (χ3n) is 3.11. The van der Waals surface area contributed by atoms with Crippen LogP contribution in [-0.4, -0.2) is 41.5 Å². The van der Waals surface area contributed by atoms with Crippen molar-refractivity contribution >= 4 is 11.9 Å². The molecule has 1 aromatic heterocycles. The standard InChI is InChI=1S/C12H16N2O4/c1-7-5-8(18-10(7)12(16)17)6-13-9-3-4-14(2)11(9)15/h5,9,13H,3-4,6H2,1-2H3,(H,16,17). The van der Waals surface area contributed by atoms with Gasteiger partial charge in [0.15, 0.2) is 0 Å². The van der Waals surface area contributed by atoms with E-state index in [1.165, 1.54) is 0 Å². The predicted octanol–water partition coefficient (Wildman–Crippen LogP) is 0.607. The highest BCUT2D eigenvalue weighted by molar-refractivity contribution is 5.86. The van der Waals surface area contributed by atoms with Crippen LogP contribution >= 0.6 is 0 Å². The van der Waals surface area contributed by atoms with Crippen LogP contribution < -0.4 is 5.32 Å². The second-order valence-corrected chi connectivity index (χ2v) is 4.51. The van der Waals surface area contributed by atoms with Crippen molar-refractivity contribution in [3.05, 3.63) is 23.2 Å². The summed E-state index contributed by atoms with van der Waals surface area (Å²) in [5, 5.41) is 11.9. The van der Waals surface area contributed by atoms with Gasteiger partial charge in [0.1, 0.15) is 5.76 Å². The number of rotatable bonds is 4. The molecule has 0 bridgehead atoms. The van der Waals surface area contributed by atoms with Gasteiger partial charge in [0.05, 0.1) is 12.6 Å². The van der Waals surface area contributed by atoms with Crippen LogP contribution in [0.25, 0.3) is 0 Å². The molecule has 0 aliphatic carbocycles. The minimum Gasteiger partial charge on any atom is -0.475 e. The molecule has 1 aliphatic heterocycles. The minimum atomic E-state index is -1.07. The fourth-order valence-electron chi connectivity index (χ4n) is 2.08. The lowest BCUT2D eigenvalue weighted by Crippen LogP contribution is -2.36. The molecule has 98 valence electrons. The monoisotopic (exact) mass is 252 g/mol. The fraction of sp³-hybridized carbons (Fsp3) is 0.500. The summed E-state index contributed by atoms with van der Waals surface area (Å²) in [6.45, 7) is 2.79. The van der Waals surface area contributed by atoms with Crippen LogP contribution in [0.2, 0.25) is 0 Å². The lowest BCUT2D eigenvalue weighted by atomic mass is 10.2. The molecule has 1 amide bonds. The Balaban J connectivity index is 1.97. The summed E-state index contributed by atoms with van der Waals surface area (Å²) in [4.78, 5) is 24.1. The van der Waals surface area contributed by atoms with E-state index in [1.807, 2.05) is 0 Å². The molecule has 1 unspecified atom stereocenters. The highest BCUT2D eigenvalue weighted by Gasteiger charge is 2.28. The van der Waals surface area contributed by atoms with Crippen LogP contribution in [0, 0.1) is 6.92 Å². The topological polar surface area (TPSA) is 82.8 Å². The first-order chi connectivity index (χ1) is 8.49. The van der Waals surface area contributed by atoms with Crippen molar-refractivity contribution in [1.29, 1.82) is 0 Å². The summed E-state index contributed by atoms with van der Waals surface area (Å²) >= 11 is 0. The quantitative estimate of drug-likeness (QED) is 0.820. The Morgan fingerprint density at radius 2 is 2.39 bits per heavy atom. The van der Waals surface area contributed by atoms with Crippen LogP contribution in [-0.2, 0) is 11.3 Å². The van der Waals surface area contributed by atoms with Gasteiger partial charge >= 0.3 is 5.97 Å². The second kappa shape index (κ2) is 4.81. The van der Waals surface area contributed by atoms with Gasteiger partial charge in [-0.05, 0) is 19.4 Å². The molecule has 2 N–H and O–H groups in total. The summed E-state index contributed by atoms with van der Waals surface area (Å²) in [6.07, 6.45) is 0.765. The molecule has 2 heterocycles. The Kier molecular flexibility index (Phi) is 3.38. The number of nitrogens with one attached hydrogen (secondary N) is 1. The Morgan fingerprint density at radius 1 is 1.67 bits per heavy atom. The maximum absolute atomic E-state index is 11.6. The molecule has 0 radical (unpaired) electrons. The zero-order valence-electron chi connectivity index (χ0n) is 10.4. The number of likely N-dealkylation sites (N-methyl/N-ethyl adjacent to an activating group) is 1. The molecule has 1 aromatic rings. The average molecular weight is 252 g/mol.